The molecule has 5 aromatic carbocycles. The largest absolute Gasteiger partial charge is 0.214 e. The summed E-state index contributed by atoms with van der Waals surface area (Å²) in [5, 5.41) is 0. The Morgan fingerprint density at radius 1 is 0.667 bits per heavy atom. The first kappa shape index (κ1) is 35.8. The van der Waals surface area contributed by atoms with Crippen molar-refractivity contribution in [2.75, 3.05) is 0 Å². The van der Waals surface area contributed by atoms with Crippen LogP contribution in [-0.2, 0) is 41.5 Å². The minimum absolute atomic E-state index is 0. The minimum atomic E-state index is 0. The van der Waals surface area contributed by atoms with Crippen molar-refractivity contribution in [1.82, 2.24) is 0 Å². The van der Waals surface area contributed by atoms with Gasteiger partial charge in [-0.3, -0.25) is 0 Å². The number of hydrogen-bond acceptors (Lipinski definition) is 0. The molecule has 1 aliphatic carbocycles. The van der Waals surface area contributed by atoms with Crippen molar-refractivity contribution < 1.29 is 49.0 Å². The standard InChI is InChI=1S/C21H25.C13H10.C5H5.2ClH.Zr/c1-20(2,3)15-11-10-14-12-18-16(17(14)13-15)8-7-9-19(18)21(4,5)6;1-3-7-12(8-4-1)11-13-9-5-2-6-10-13;1-2-4-5-3-1;;;/h7-9,11,13H,12H2,1-6H3;1-10H;1-5H;2*1H;/q-1;;-1;;;+2/p-2. The second-order valence-corrected chi connectivity index (χ2v) is 13.6. The zero-order valence-corrected chi connectivity index (χ0v) is 29.5. The van der Waals surface area contributed by atoms with Crippen LogP contribution in [0.2, 0.25) is 0 Å². The van der Waals surface area contributed by atoms with Crippen molar-refractivity contribution in [2.45, 2.75) is 58.8 Å². The first-order valence-electron chi connectivity index (χ1n) is 14.1. The van der Waals surface area contributed by atoms with E-state index >= 15 is 0 Å². The molecule has 0 N–H and O–H groups in total. The normalized spacial score (nSPS) is 11.2. The Bertz CT molecular complexity index is 1460. The molecule has 5 aromatic rings. The van der Waals surface area contributed by atoms with Crippen LogP contribution >= 0.6 is 0 Å². The predicted octanol–water partition coefficient (Wildman–Crippen LogP) is 3.87. The number of benzene rings is 4. The monoisotopic (exact) mass is 668 g/mol. The number of hydrogen-bond donors (Lipinski definition) is 0. The molecule has 0 spiro atoms. The van der Waals surface area contributed by atoms with Crippen LogP contribution in [0.25, 0.3) is 11.1 Å². The number of rotatable bonds is 2. The fourth-order valence-corrected chi connectivity index (χ4v) is 5.77. The molecule has 0 aromatic heterocycles. The van der Waals surface area contributed by atoms with Gasteiger partial charge in [0.1, 0.15) is 0 Å². The van der Waals surface area contributed by atoms with E-state index in [4.69, 9.17) is 0 Å². The molecule has 6 rings (SSSR count). The van der Waals surface area contributed by atoms with E-state index < -0.39 is 0 Å². The summed E-state index contributed by atoms with van der Waals surface area (Å²) in [7, 11) is 0. The summed E-state index contributed by atoms with van der Waals surface area (Å²) < 4.78 is 1.42. The van der Waals surface area contributed by atoms with Crippen molar-refractivity contribution in [2.24, 2.45) is 0 Å². The second-order valence-electron chi connectivity index (χ2n) is 12.4. The van der Waals surface area contributed by atoms with Crippen LogP contribution in [0.1, 0.15) is 74.9 Å². The Kier molecular flexibility index (Phi) is 13.5. The first-order valence-corrected chi connectivity index (χ1v) is 15.3. The van der Waals surface area contributed by atoms with Crippen LogP contribution in [-0.4, -0.2) is 3.21 Å². The molecule has 0 saturated carbocycles. The summed E-state index contributed by atoms with van der Waals surface area (Å²) in [6, 6.07) is 46.0. The van der Waals surface area contributed by atoms with Crippen LogP contribution < -0.4 is 24.8 Å². The van der Waals surface area contributed by atoms with E-state index in [-0.39, 0.29) is 35.6 Å². The molecular formula is C39H40Cl2Zr-2. The molecule has 0 saturated heterocycles. The molecule has 216 valence electrons. The van der Waals surface area contributed by atoms with Gasteiger partial charge in [0, 0.05) is 0 Å². The van der Waals surface area contributed by atoms with Gasteiger partial charge in [0.2, 0.25) is 0 Å². The molecule has 0 radical (unpaired) electrons. The summed E-state index contributed by atoms with van der Waals surface area (Å²) in [6.07, 6.45) is 1.03. The molecule has 0 aliphatic heterocycles. The van der Waals surface area contributed by atoms with Gasteiger partial charge in [-0.25, -0.2) is 12.1 Å². The summed E-state index contributed by atoms with van der Waals surface area (Å²) in [4.78, 5) is 0. The molecule has 0 unspecified atom stereocenters. The summed E-state index contributed by atoms with van der Waals surface area (Å²) in [5.74, 6) is 0. The molecular weight excluding hydrogens is 631 g/mol. The quantitative estimate of drug-likeness (QED) is 0.246. The van der Waals surface area contributed by atoms with Crippen molar-refractivity contribution in [3.63, 3.8) is 0 Å². The molecule has 0 heterocycles. The van der Waals surface area contributed by atoms with Crippen LogP contribution in [0, 0.1) is 6.07 Å². The third-order valence-electron chi connectivity index (χ3n) is 7.20. The second kappa shape index (κ2) is 15.9. The molecule has 0 amide bonds. The van der Waals surface area contributed by atoms with E-state index in [1.54, 1.807) is 0 Å². The van der Waals surface area contributed by atoms with E-state index in [1.165, 1.54) is 71.9 Å². The Hall–Kier alpha value is -2.44. The van der Waals surface area contributed by atoms with Gasteiger partial charge in [-0.1, -0.05) is 70.7 Å². The van der Waals surface area contributed by atoms with E-state index in [0.717, 1.165) is 6.42 Å². The molecule has 0 bridgehead atoms. The van der Waals surface area contributed by atoms with Gasteiger partial charge < -0.3 is 24.8 Å². The molecule has 0 nitrogen and oxygen atoms in total. The third kappa shape index (κ3) is 9.28. The Morgan fingerprint density at radius 2 is 1.21 bits per heavy atom. The van der Waals surface area contributed by atoms with Crippen LogP contribution in [0.4, 0.5) is 0 Å². The first-order chi connectivity index (χ1) is 19.1. The molecule has 0 atom stereocenters. The third-order valence-corrected chi connectivity index (χ3v) is 8.62. The van der Waals surface area contributed by atoms with Crippen molar-refractivity contribution in [3.8, 4) is 11.1 Å². The zero-order chi connectivity index (χ0) is 28.8. The average molecular weight is 671 g/mol. The molecule has 42 heavy (non-hydrogen) atoms. The fourth-order valence-electron chi connectivity index (χ4n) is 4.95. The van der Waals surface area contributed by atoms with Crippen LogP contribution in [0.15, 0.2) is 121 Å². The van der Waals surface area contributed by atoms with Crippen molar-refractivity contribution in [1.29, 1.82) is 0 Å². The van der Waals surface area contributed by atoms with Gasteiger partial charge in [0.05, 0.1) is 0 Å². The Labute approximate surface area is 281 Å². The predicted molar refractivity (Wildman–Crippen MR) is 169 cm³/mol. The maximum absolute atomic E-state index is 3.55. The van der Waals surface area contributed by atoms with Gasteiger partial charge in [0.25, 0.3) is 0 Å². The van der Waals surface area contributed by atoms with Gasteiger partial charge in [-0.2, -0.15) is 47.5 Å². The van der Waals surface area contributed by atoms with E-state index in [2.05, 4.69) is 139 Å². The van der Waals surface area contributed by atoms with Gasteiger partial charge in [-0.15, -0.1) is 5.56 Å². The van der Waals surface area contributed by atoms with Gasteiger partial charge in [-0.05, 0) is 23.0 Å². The van der Waals surface area contributed by atoms with E-state index in [0.29, 0.717) is 0 Å². The summed E-state index contributed by atoms with van der Waals surface area (Å²) >= 11 is 1.46. The summed E-state index contributed by atoms with van der Waals surface area (Å²) in [6.45, 7) is 13.7. The van der Waals surface area contributed by atoms with Crippen molar-refractivity contribution >= 4 is 3.21 Å². The maximum atomic E-state index is 3.55. The molecule has 3 heteroatoms. The molecule has 1 aliphatic rings. The smallest absolute Gasteiger partial charge is 0.172 e. The van der Waals surface area contributed by atoms with Gasteiger partial charge >= 0.3 is 99.2 Å². The SMILES string of the molecule is CC(C)(C)c1c[c-]c2c(c1)-c1cccc(C(C)(C)C)c1C2.[Cl-].[Cl-].[Zr+2]=[C](c1ccccc1)c1ccccc1.c1cc[cH-]c1. The minimum Gasteiger partial charge on any atom is -0.214 e. The zero-order valence-electron chi connectivity index (χ0n) is 25.5. The van der Waals surface area contributed by atoms with E-state index in [1.807, 2.05) is 30.3 Å². The van der Waals surface area contributed by atoms with Crippen LogP contribution in [0.5, 0.6) is 0 Å². The average Bonchev–Trinajstić information content (AvgIpc) is 3.64. The Morgan fingerprint density at radius 3 is 1.67 bits per heavy atom. The van der Waals surface area contributed by atoms with Crippen molar-refractivity contribution in [3.05, 3.63) is 161 Å². The molecule has 0 fully saturated rings. The van der Waals surface area contributed by atoms with Gasteiger partial charge in [0.15, 0.2) is 0 Å². The number of halogens is 2. The topological polar surface area (TPSA) is 0 Å². The fraction of sp³-hybridized carbons (Fsp3) is 0.231. The summed E-state index contributed by atoms with van der Waals surface area (Å²) in [5.41, 5.74) is 11.5. The number of fused-ring (bicyclic) bond motifs is 3. The maximum Gasteiger partial charge on any atom is -0.172 e. The Balaban J connectivity index is 0.000000253. The van der Waals surface area contributed by atoms with Crippen LogP contribution in [0.3, 0.4) is 0 Å². The van der Waals surface area contributed by atoms with E-state index in [9.17, 15) is 0 Å².